The summed E-state index contributed by atoms with van der Waals surface area (Å²) < 4.78 is 11.5. The molecule has 0 saturated heterocycles. The third-order valence-corrected chi connectivity index (χ3v) is 4.88. The standard InChI is InChI=1S/C22H25N7O6/c1-3-34-21(32)14(2)29(9-16(23)30)17(31)10-28-13-26-18-19(24-12-25-20(18)28)27-22(33)35-11-15-7-5-4-6-8-15/h4-8,12-14H,3,9-11H2,1-2H3,(H2,23,30)(H,24,25,27,33)/t14-/m0/s1. The molecule has 0 bridgehead atoms. The lowest BCUT2D eigenvalue weighted by molar-refractivity contribution is -0.155. The van der Waals surface area contributed by atoms with Gasteiger partial charge < -0.3 is 24.7 Å². The monoisotopic (exact) mass is 483 g/mol. The van der Waals surface area contributed by atoms with Gasteiger partial charge in [-0.2, -0.15) is 0 Å². The van der Waals surface area contributed by atoms with Crippen molar-refractivity contribution < 1.29 is 28.7 Å². The molecule has 0 aliphatic heterocycles. The van der Waals surface area contributed by atoms with Crippen LogP contribution in [0.15, 0.2) is 43.0 Å². The van der Waals surface area contributed by atoms with Gasteiger partial charge in [0.05, 0.1) is 12.9 Å². The van der Waals surface area contributed by atoms with Gasteiger partial charge in [0.15, 0.2) is 17.0 Å². The zero-order chi connectivity index (χ0) is 25.4. The van der Waals surface area contributed by atoms with Crippen LogP contribution >= 0.6 is 0 Å². The molecule has 0 unspecified atom stereocenters. The van der Waals surface area contributed by atoms with Crippen molar-refractivity contribution in [3.8, 4) is 0 Å². The van der Waals surface area contributed by atoms with E-state index in [4.69, 9.17) is 15.2 Å². The zero-order valence-electron chi connectivity index (χ0n) is 19.2. The van der Waals surface area contributed by atoms with Crippen LogP contribution in [-0.2, 0) is 37.0 Å². The van der Waals surface area contributed by atoms with Crippen LogP contribution in [0.5, 0.6) is 0 Å². The van der Waals surface area contributed by atoms with Gasteiger partial charge in [0.1, 0.15) is 32.1 Å². The summed E-state index contributed by atoms with van der Waals surface area (Å²) >= 11 is 0. The van der Waals surface area contributed by atoms with E-state index in [1.165, 1.54) is 24.1 Å². The average molecular weight is 483 g/mol. The van der Waals surface area contributed by atoms with Crippen molar-refractivity contribution in [2.45, 2.75) is 33.0 Å². The number of rotatable bonds is 10. The summed E-state index contributed by atoms with van der Waals surface area (Å²) in [5.74, 6) is -1.94. The number of hydrogen-bond acceptors (Lipinski definition) is 9. The predicted octanol–water partition coefficient (Wildman–Crippen LogP) is 0.841. The van der Waals surface area contributed by atoms with Gasteiger partial charge in [-0.25, -0.2) is 24.5 Å². The second-order valence-corrected chi connectivity index (χ2v) is 7.37. The molecule has 2 heterocycles. The Morgan fingerprint density at radius 1 is 1.11 bits per heavy atom. The molecule has 3 aromatic rings. The van der Waals surface area contributed by atoms with E-state index >= 15 is 0 Å². The van der Waals surface area contributed by atoms with Crippen LogP contribution in [0.4, 0.5) is 10.6 Å². The number of imidazole rings is 1. The number of ether oxygens (including phenoxy) is 2. The number of carbonyl (C=O) groups excluding carboxylic acids is 4. The molecule has 3 rings (SSSR count). The summed E-state index contributed by atoms with van der Waals surface area (Å²) in [4.78, 5) is 62.1. The van der Waals surface area contributed by atoms with E-state index in [0.717, 1.165) is 10.5 Å². The van der Waals surface area contributed by atoms with Gasteiger partial charge in [-0.15, -0.1) is 0 Å². The van der Waals surface area contributed by atoms with E-state index < -0.39 is 36.5 Å². The number of benzene rings is 1. The number of nitrogens with two attached hydrogens (primary N) is 1. The molecule has 1 atom stereocenters. The molecule has 13 heteroatoms. The van der Waals surface area contributed by atoms with E-state index in [-0.39, 0.29) is 36.7 Å². The number of primary amides is 1. The summed E-state index contributed by atoms with van der Waals surface area (Å²) in [6.07, 6.45) is 1.78. The zero-order valence-corrected chi connectivity index (χ0v) is 19.2. The Morgan fingerprint density at radius 3 is 2.54 bits per heavy atom. The normalized spacial score (nSPS) is 11.5. The van der Waals surface area contributed by atoms with E-state index in [9.17, 15) is 19.2 Å². The number of esters is 1. The largest absolute Gasteiger partial charge is 0.464 e. The van der Waals surface area contributed by atoms with E-state index in [2.05, 4.69) is 20.3 Å². The molecule has 35 heavy (non-hydrogen) atoms. The summed E-state index contributed by atoms with van der Waals surface area (Å²) in [5, 5.41) is 2.51. The van der Waals surface area contributed by atoms with Crippen molar-refractivity contribution in [3.05, 3.63) is 48.5 Å². The first-order valence-electron chi connectivity index (χ1n) is 10.7. The summed E-state index contributed by atoms with van der Waals surface area (Å²) in [7, 11) is 0. The predicted molar refractivity (Wildman–Crippen MR) is 123 cm³/mol. The first-order chi connectivity index (χ1) is 16.8. The van der Waals surface area contributed by atoms with Crippen LogP contribution in [0.3, 0.4) is 0 Å². The number of nitrogens with zero attached hydrogens (tertiary/aromatic N) is 5. The lowest BCUT2D eigenvalue weighted by atomic mass is 10.2. The molecule has 0 radical (unpaired) electrons. The molecule has 0 fully saturated rings. The molecule has 184 valence electrons. The Morgan fingerprint density at radius 2 is 1.86 bits per heavy atom. The molecule has 13 nitrogen and oxygen atoms in total. The molecule has 0 saturated carbocycles. The quantitative estimate of drug-likeness (QED) is 0.396. The van der Waals surface area contributed by atoms with E-state index in [0.29, 0.717) is 0 Å². The lowest BCUT2D eigenvalue weighted by Crippen LogP contribution is -2.49. The van der Waals surface area contributed by atoms with E-state index in [1.54, 1.807) is 6.92 Å². The number of aromatic nitrogens is 4. The maximum absolute atomic E-state index is 13.0. The second-order valence-electron chi connectivity index (χ2n) is 7.37. The Bertz CT molecular complexity index is 1210. The molecule has 3 N–H and O–H groups in total. The number of hydrogen-bond donors (Lipinski definition) is 2. The minimum absolute atomic E-state index is 0.0676. The van der Waals surface area contributed by atoms with Crippen molar-refractivity contribution >= 4 is 40.9 Å². The Kier molecular flexibility index (Phi) is 8.27. The summed E-state index contributed by atoms with van der Waals surface area (Å²) in [6.45, 7) is 2.48. The SMILES string of the molecule is CCOC(=O)[C@H](C)N(CC(N)=O)C(=O)Cn1cnc2c(NC(=O)OCc3ccccc3)ncnc21. The lowest BCUT2D eigenvalue weighted by Gasteiger charge is -2.26. The van der Waals surface area contributed by atoms with Gasteiger partial charge in [-0.1, -0.05) is 30.3 Å². The van der Waals surface area contributed by atoms with Gasteiger partial charge in [-0.05, 0) is 19.4 Å². The smallest absolute Gasteiger partial charge is 0.413 e. The van der Waals surface area contributed by atoms with Crippen LogP contribution in [0.2, 0.25) is 0 Å². The number of nitrogens with one attached hydrogen (secondary N) is 1. The minimum atomic E-state index is -1.03. The number of amides is 3. The first-order valence-corrected chi connectivity index (χ1v) is 10.7. The minimum Gasteiger partial charge on any atom is -0.464 e. The fourth-order valence-corrected chi connectivity index (χ4v) is 3.18. The molecule has 0 spiro atoms. The highest BCUT2D eigenvalue weighted by atomic mass is 16.5. The fourth-order valence-electron chi connectivity index (χ4n) is 3.18. The highest BCUT2D eigenvalue weighted by Gasteiger charge is 2.29. The van der Waals surface area contributed by atoms with Crippen LogP contribution in [0, 0.1) is 0 Å². The topological polar surface area (TPSA) is 172 Å². The third kappa shape index (κ3) is 6.50. The van der Waals surface area contributed by atoms with Gasteiger partial charge in [0.2, 0.25) is 11.8 Å². The molecule has 1 aromatic carbocycles. The highest BCUT2D eigenvalue weighted by Crippen LogP contribution is 2.18. The molecular formula is C22H25N7O6. The molecule has 2 aromatic heterocycles. The van der Waals surface area contributed by atoms with Crippen molar-refractivity contribution in [2.75, 3.05) is 18.5 Å². The molecular weight excluding hydrogens is 458 g/mol. The van der Waals surface area contributed by atoms with Crippen molar-refractivity contribution in [3.63, 3.8) is 0 Å². The highest BCUT2D eigenvalue weighted by molar-refractivity contribution is 5.94. The van der Waals surface area contributed by atoms with Gasteiger partial charge in [0.25, 0.3) is 0 Å². The van der Waals surface area contributed by atoms with E-state index in [1.807, 2.05) is 30.3 Å². The maximum Gasteiger partial charge on any atom is 0.413 e. The van der Waals surface area contributed by atoms with Crippen LogP contribution < -0.4 is 11.1 Å². The van der Waals surface area contributed by atoms with Crippen LogP contribution in [0.1, 0.15) is 19.4 Å². The van der Waals surface area contributed by atoms with Crippen molar-refractivity contribution in [2.24, 2.45) is 5.73 Å². The third-order valence-electron chi connectivity index (χ3n) is 4.88. The number of anilines is 1. The number of fused-ring (bicyclic) bond motifs is 1. The van der Waals surface area contributed by atoms with Gasteiger partial charge in [-0.3, -0.25) is 14.9 Å². The summed E-state index contributed by atoms with van der Waals surface area (Å²) in [6, 6.07) is 8.12. The molecule has 0 aliphatic carbocycles. The maximum atomic E-state index is 13.0. The fraction of sp³-hybridized carbons (Fsp3) is 0.318. The first kappa shape index (κ1) is 25.1. The Balaban J connectivity index is 1.73. The van der Waals surface area contributed by atoms with Gasteiger partial charge in [0, 0.05) is 0 Å². The van der Waals surface area contributed by atoms with Crippen LogP contribution in [-0.4, -0.2) is 67.5 Å². The Hall–Kier alpha value is -4.55. The molecule has 3 amide bonds. The Labute approximate surface area is 200 Å². The van der Waals surface area contributed by atoms with Crippen LogP contribution in [0.25, 0.3) is 11.2 Å². The van der Waals surface area contributed by atoms with Crippen molar-refractivity contribution in [1.82, 2.24) is 24.4 Å². The number of carbonyl (C=O) groups is 4. The van der Waals surface area contributed by atoms with Gasteiger partial charge >= 0.3 is 12.1 Å². The van der Waals surface area contributed by atoms with Crippen molar-refractivity contribution in [1.29, 1.82) is 0 Å². The second kappa shape index (κ2) is 11.5. The average Bonchev–Trinajstić information content (AvgIpc) is 3.25. The summed E-state index contributed by atoms with van der Waals surface area (Å²) in [5.41, 5.74) is 6.54. The molecule has 0 aliphatic rings.